The van der Waals surface area contributed by atoms with Gasteiger partial charge in [0.05, 0.1) is 13.2 Å². The second-order valence-electron chi connectivity index (χ2n) is 4.75. The molecular formula is C15H25N2O3-. The van der Waals surface area contributed by atoms with E-state index in [4.69, 9.17) is 9.47 Å². The number of methoxy groups -OCH3 is 2. The number of ether oxygens (including phenoxy) is 2. The van der Waals surface area contributed by atoms with E-state index in [-0.39, 0.29) is 5.75 Å². The van der Waals surface area contributed by atoms with Crippen LogP contribution in [0.5, 0.6) is 5.75 Å². The Morgan fingerprint density at radius 2 is 1.40 bits per heavy atom. The molecule has 0 saturated carbocycles. The smallest absolute Gasteiger partial charge is 0.0587 e. The van der Waals surface area contributed by atoms with Crippen LogP contribution in [0.15, 0.2) is 12.1 Å². The number of rotatable bonds is 10. The third kappa shape index (κ3) is 5.88. The van der Waals surface area contributed by atoms with Crippen molar-refractivity contribution in [2.75, 3.05) is 40.5 Å². The Morgan fingerprint density at radius 3 is 1.80 bits per heavy atom. The molecular weight excluding hydrogens is 256 g/mol. The van der Waals surface area contributed by atoms with Gasteiger partial charge in [0.1, 0.15) is 0 Å². The van der Waals surface area contributed by atoms with Crippen LogP contribution >= 0.6 is 0 Å². The molecule has 0 aliphatic carbocycles. The van der Waals surface area contributed by atoms with Crippen molar-refractivity contribution in [3.05, 3.63) is 28.8 Å². The largest absolute Gasteiger partial charge is 0.872 e. The predicted octanol–water partition coefficient (Wildman–Crippen LogP) is 0.541. The molecule has 0 saturated heterocycles. The van der Waals surface area contributed by atoms with Gasteiger partial charge in [-0.1, -0.05) is 23.4 Å². The summed E-state index contributed by atoms with van der Waals surface area (Å²) in [5.41, 5.74) is 2.73. The molecule has 0 radical (unpaired) electrons. The first kappa shape index (κ1) is 16.9. The number of aryl methyl sites for hydroxylation is 1. The highest BCUT2D eigenvalue weighted by atomic mass is 16.5. The second kappa shape index (κ2) is 9.72. The molecule has 20 heavy (non-hydrogen) atoms. The molecule has 1 aromatic rings. The van der Waals surface area contributed by atoms with E-state index in [1.807, 2.05) is 19.1 Å². The number of nitrogens with one attached hydrogen (secondary N) is 2. The molecule has 0 unspecified atom stereocenters. The molecule has 114 valence electrons. The predicted molar refractivity (Wildman–Crippen MR) is 77.8 cm³/mol. The van der Waals surface area contributed by atoms with Crippen molar-refractivity contribution >= 4 is 0 Å². The standard InChI is InChI=1S/C15H26N2O3/c1-12-8-13(10-16-4-6-19-2)15(18)14(9-12)11-17-5-7-20-3/h8-9,16-18H,4-7,10-11H2,1-3H3/p-1. The van der Waals surface area contributed by atoms with E-state index >= 15 is 0 Å². The summed E-state index contributed by atoms with van der Waals surface area (Å²) < 4.78 is 9.94. The second-order valence-corrected chi connectivity index (χ2v) is 4.75. The zero-order chi connectivity index (χ0) is 14.8. The number of hydrogen-bond acceptors (Lipinski definition) is 5. The molecule has 0 spiro atoms. The third-order valence-corrected chi connectivity index (χ3v) is 2.98. The van der Waals surface area contributed by atoms with Gasteiger partial charge < -0.3 is 25.2 Å². The van der Waals surface area contributed by atoms with E-state index in [9.17, 15) is 5.11 Å². The first-order valence-electron chi connectivity index (χ1n) is 6.87. The SMILES string of the molecule is COCCNCc1cc(C)cc(CNCCOC)c1[O-]. The molecule has 0 aliphatic heterocycles. The first-order valence-corrected chi connectivity index (χ1v) is 6.87. The highest BCUT2D eigenvalue weighted by Crippen LogP contribution is 2.21. The Balaban J connectivity index is 2.59. The van der Waals surface area contributed by atoms with E-state index in [1.165, 1.54) is 0 Å². The summed E-state index contributed by atoms with van der Waals surface area (Å²) in [7, 11) is 3.33. The molecule has 0 amide bonds. The molecule has 5 heteroatoms. The van der Waals surface area contributed by atoms with Gasteiger partial charge in [0.25, 0.3) is 0 Å². The van der Waals surface area contributed by atoms with Crippen molar-refractivity contribution in [2.45, 2.75) is 20.0 Å². The van der Waals surface area contributed by atoms with E-state index in [1.54, 1.807) is 14.2 Å². The fourth-order valence-electron chi connectivity index (χ4n) is 1.99. The van der Waals surface area contributed by atoms with Crippen LogP contribution in [-0.2, 0) is 22.6 Å². The van der Waals surface area contributed by atoms with Crippen LogP contribution in [0, 0.1) is 6.92 Å². The van der Waals surface area contributed by atoms with Gasteiger partial charge in [-0.3, -0.25) is 0 Å². The van der Waals surface area contributed by atoms with Crippen LogP contribution in [0.2, 0.25) is 0 Å². The van der Waals surface area contributed by atoms with Gasteiger partial charge >= 0.3 is 0 Å². The topological polar surface area (TPSA) is 65.6 Å². The van der Waals surface area contributed by atoms with Crippen LogP contribution < -0.4 is 15.7 Å². The van der Waals surface area contributed by atoms with Crippen molar-refractivity contribution in [1.29, 1.82) is 0 Å². The number of benzene rings is 1. The van der Waals surface area contributed by atoms with E-state index in [0.717, 1.165) is 29.8 Å². The third-order valence-electron chi connectivity index (χ3n) is 2.98. The molecule has 1 aromatic carbocycles. The lowest BCUT2D eigenvalue weighted by Crippen LogP contribution is -2.22. The summed E-state index contributed by atoms with van der Waals surface area (Å²) in [6.45, 7) is 5.94. The zero-order valence-corrected chi connectivity index (χ0v) is 12.6. The maximum atomic E-state index is 12.3. The maximum absolute atomic E-state index is 12.3. The Labute approximate surface area is 121 Å². The van der Waals surface area contributed by atoms with Gasteiger partial charge in [-0.15, -0.1) is 0 Å². The monoisotopic (exact) mass is 281 g/mol. The van der Waals surface area contributed by atoms with Crippen molar-refractivity contribution in [2.24, 2.45) is 0 Å². The first-order chi connectivity index (χ1) is 9.69. The highest BCUT2D eigenvalue weighted by molar-refractivity contribution is 5.42. The van der Waals surface area contributed by atoms with Crippen LogP contribution in [0.25, 0.3) is 0 Å². The van der Waals surface area contributed by atoms with Crippen molar-refractivity contribution < 1.29 is 14.6 Å². The molecule has 5 nitrogen and oxygen atoms in total. The van der Waals surface area contributed by atoms with Crippen molar-refractivity contribution in [1.82, 2.24) is 10.6 Å². The summed E-state index contributed by atoms with van der Waals surface area (Å²) in [5, 5.41) is 18.7. The highest BCUT2D eigenvalue weighted by Gasteiger charge is 2.02. The van der Waals surface area contributed by atoms with Gasteiger partial charge in [-0.25, -0.2) is 0 Å². The molecule has 0 fully saturated rings. The molecule has 0 aliphatic rings. The van der Waals surface area contributed by atoms with E-state index in [0.29, 0.717) is 26.3 Å². The normalized spacial score (nSPS) is 10.9. The fourth-order valence-corrected chi connectivity index (χ4v) is 1.99. The average Bonchev–Trinajstić information content (AvgIpc) is 2.44. The summed E-state index contributed by atoms with van der Waals surface area (Å²) in [6, 6.07) is 3.89. The quantitative estimate of drug-likeness (QED) is 0.613. The van der Waals surface area contributed by atoms with Crippen LogP contribution in [-0.4, -0.2) is 40.5 Å². The lowest BCUT2D eigenvalue weighted by molar-refractivity contribution is -0.270. The minimum absolute atomic E-state index is 0.116. The average molecular weight is 281 g/mol. The minimum Gasteiger partial charge on any atom is -0.872 e. The van der Waals surface area contributed by atoms with Gasteiger partial charge in [0, 0.05) is 40.4 Å². The van der Waals surface area contributed by atoms with Crippen molar-refractivity contribution in [3.63, 3.8) is 0 Å². The molecule has 0 bridgehead atoms. The summed E-state index contributed by atoms with van der Waals surface area (Å²) in [6.07, 6.45) is 0. The lowest BCUT2D eigenvalue weighted by Gasteiger charge is -2.21. The molecule has 0 heterocycles. The Morgan fingerprint density at radius 1 is 0.950 bits per heavy atom. The minimum atomic E-state index is 0.116. The Bertz CT molecular complexity index is 364. The van der Waals surface area contributed by atoms with Crippen LogP contribution in [0.1, 0.15) is 16.7 Å². The summed E-state index contributed by atoms with van der Waals surface area (Å²) in [5.74, 6) is 0.116. The van der Waals surface area contributed by atoms with Gasteiger partial charge in [-0.2, -0.15) is 0 Å². The van der Waals surface area contributed by atoms with Gasteiger partial charge in [-0.05, 0) is 18.1 Å². The van der Waals surface area contributed by atoms with Gasteiger partial charge in [0.2, 0.25) is 0 Å². The van der Waals surface area contributed by atoms with E-state index < -0.39 is 0 Å². The van der Waals surface area contributed by atoms with E-state index in [2.05, 4.69) is 10.6 Å². The fraction of sp³-hybridized carbons (Fsp3) is 0.600. The number of hydrogen-bond donors (Lipinski definition) is 2. The zero-order valence-electron chi connectivity index (χ0n) is 12.6. The Hall–Kier alpha value is -1.14. The molecule has 2 N–H and O–H groups in total. The van der Waals surface area contributed by atoms with Crippen LogP contribution in [0.4, 0.5) is 0 Å². The maximum Gasteiger partial charge on any atom is 0.0587 e. The summed E-state index contributed by atoms with van der Waals surface area (Å²) >= 11 is 0. The molecule has 1 rings (SSSR count). The van der Waals surface area contributed by atoms with Gasteiger partial charge in [0.15, 0.2) is 0 Å². The Kier molecular flexibility index (Phi) is 8.22. The summed E-state index contributed by atoms with van der Waals surface area (Å²) in [4.78, 5) is 0. The lowest BCUT2D eigenvalue weighted by atomic mass is 10.0. The molecule has 0 aromatic heterocycles. The van der Waals surface area contributed by atoms with Crippen LogP contribution in [0.3, 0.4) is 0 Å². The van der Waals surface area contributed by atoms with Crippen molar-refractivity contribution in [3.8, 4) is 5.75 Å². The molecule has 0 atom stereocenters.